The van der Waals surface area contributed by atoms with Crippen LogP contribution in [-0.2, 0) is 5.60 Å². The minimum absolute atomic E-state index is 0.0516. The summed E-state index contributed by atoms with van der Waals surface area (Å²) in [7, 11) is 0. The lowest BCUT2D eigenvalue weighted by atomic mass is 9.84. The van der Waals surface area contributed by atoms with Crippen LogP contribution in [0.25, 0.3) is 0 Å². The Morgan fingerprint density at radius 1 is 1.50 bits per heavy atom. The maximum absolute atomic E-state index is 10.2. The first-order chi connectivity index (χ1) is 6.48. The topological polar surface area (TPSA) is 66.5 Å². The first-order valence-corrected chi connectivity index (χ1v) is 4.70. The number of aliphatic hydroxyl groups is 1. The second-order valence-corrected chi connectivity index (χ2v) is 3.83. The normalized spacial score (nSPS) is 17.4. The molecule has 0 radical (unpaired) electrons. The van der Waals surface area contributed by atoms with Gasteiger partial charge in [0.25, 0.3) is 0 Å². The number of hydrogen-bond donors (Lipinski definition) is 3. The van der Waals surface area contributed by atoms with Gasteiger partial charge in [0.05, 0.1) is 5.60 Å². The zero-order valence-electron chi connectivity index (χ0n) is 8.57. The first-order valence-electron chi connectivity index (χ1n) is 4.70. The summed E-state index contributed by atoms with van der Waals surface area (Å²) in [6, 6.07) is 6.63. The van der Waals surface area contributed by atoms with Gasteiger partial charge in [-0.3, -0.25) is 0 Å². The maximum atomic E-state index is 10.2. The van der Waals surface area contributed by atoms with Crippen LogP contribution >= 0.6 is 0 Å². The number of nitrogens with two attached hydrogens (primary N) is 1. The van der Waals surface area contributed by atoms with Crippen molar-refractivity contribution in [3.8, 4) is 5.75 Å². The minimum Gasteiger partial charge on any atom is -0.508 e. The first kappa shape index (κ1) is 11.0. The molecular weight excluding hydrogens is 178 g/mol. The Morgan fingerprint density at radius 3 is 2.64 bits per heavy atom. The average Bonchev–Trinajstić information content (AvgIpc) is 2.16. The van der Waals surface area contributed by atoms with Gasteiger partial charge in [0.15, 0.2) is 0 Å². The van der Waals surface area contributed by atoms with Crippen molar-refractivity contribution in [1.82, 2.24) is 0 Å². The highest BCUT2D eigenvalue weighted by Gasteiger charge is 2.29. The molecule has 0 amide bonds. The molecule has 1 aromatic rings. The van der Waals surface area contributed by atoms with Gasteiger partial charge in [-0.1, -0.05) is 19.1 Å². The second kappa shape index (κ2) is 3.98. The molecule has 3 nitrogen and oxygen atoms in total. The molecule has 4 N–H and O–H groups in total. The highest BCUT2D eigenvalue weighted by molar-refractivity contribution is 5.31. The molecule has 0 heterocycles. The van der Waals surface area contributed by atoms with E-state index in [1.54, 1.807) is 31.2 Å². The van der Waals surface area contributed by atoms with E-state index >= 15 is 0 Å². The molecule has 0 spiro atoms. The number of hydrogen-bond acceptors (Lipinski definition) is 3. The van der Waals surface area contributed by atoms with Crippen molar-refractivity contribution in [2.24, 2.45) is 11.7 Å². The molecule has 0 saturated carbocycles. The Kier molecular flexibility index (Phi) is 3.13. The Labute approximate surface area is 84.2 Å². The molecule has 1 rings (SSSR count). The van der Waals surface area contributed by atoms with Crippen LogP contribution in [0.4, 0.5) is 0 Å². The number of rotatable bonds is 3. The molecule has 0 aliphatic heterocycles. The van der Waals surface area contributed by atoms with Crippen molar-refractivity contribution in [1.29, 1.82) is 0 Å². The number of benzene rings is 1. The third-order valence-electron chi connectivity index (χ3n) is 2.74. The monoisotopic (exact) mass is 195 g/mol. The van der Waals surface area contributed by atoms with Crippen LogP contribution in [0, 0.1) is 5.92 Å². The third kappa shape index (κ3) is 2.05. The van der Waals surface area contributed by atoms with Gasteiger partial charge in [0.2, 0.25) is 0 Å². The van der Waals surface area contributed by atoms with Gasteiger partial charge in [0.1, 0.15) is 5.75 Å². The fourth-order valence-corrected chi connectivity index (χ4v) is 1.33. The molecule has 78 valence electrons. The molecule has 2 unspecified atom stereocenters. The molecule has 1 aromatic carbocycles. The highest BCUT2D eigenvalue weighted by atomic mass is 16.3. The fraction of sp³-hybridized carbons (Fsp3) is 0.455. The van der Waals surface area contributed by atoms with E-state index in [2.05, 4.69) is 0 Å². The summed E-state index contributed by atoms with van der Waals surface area (Å²) < 4.78 is 0. The van der Waals surface area contributed by atoms with Crippen LogP contribution in [0.1, 0.15) is 19.4 Å². The molecule has 0 aliphatic rings. The van der Waals surface area contributed by atoms with E-state index in [9.17, 15) is 10.2 Å². The molecule has 3 heteroatoms. The Balaban J connectivity index is 3.03. The Morgan fingerprint density at radius 2 is 2.14 bits per heavy atom. The van der Waals surface area contributed by atoms with Crippen molar-refractivity contribution < 1.29 is 10.2 Å². The van der Waals surface area contributed by atoms with E-state index < -0.39 is 5.60 Å². The van der Waals surface area contributed by atoms with Crippen molar-refractivity contribution >= 4 is 0 Å². The predicted molar refractivity (Wildman–Crippen MR) is 55.9 cm³/mol. The largest absolute Gasteiger partial charge is 0.508 e. The van der Waals surface area contributed by atoms with E-state index in [1.165, 1.54) is 0 Å². The quantitative estimate of drug-likeness (QED) is 0.678. The van der Waals surface area contributed by atoms with Gasteiger partial charge in [-0.15, -0.1) is 0 Å². The van der Waals surface area contributed by atoms with Gasteiger partial charge in [0, 0.05) is 5.92 Å². The summed E-state index contributed by atoms with van der Waals surface area (Å²) in [5.74, 6) is 0.108. The zero-order valence-corrected chi connectivity index (χ0v) is 8.57. The summed E-state index contributed by atoms with van der Waals surface area (Å²) in [5.41, 5.74) is 5.21. The van der Waals surface area contributed by atoms with Gasteiger partial charge in [-0.2, -0.15) is 0 Å². The maximum Gasteiger partial charge on any atom is 0.115 e. The molecule has 0 aromatic heterocycles. The fourth-order valence-electron chi connectivity index (χ4n) is 1.33. The SMILES string of the molecule is CC(CN)C(C)(O)c1cccc(O)c1. The van der Waals surface area contributed by atoms with Gasteiger partial charge >= 0.3 is 0 Å². The molecular formula is C11H17NO2. The van der Waals surface area contributed by atoms with Crippen molar-refractivity contribution in [2.45, 2.75) is 19.4 Å². The molecule has 0 fully saturated rings. The minimum atomic E-state index is -0.993. The third-order valence-corrected chi connectivity index (χ3v) is 2.74. The van der Waals surface area contributed by atoms with E-state index in [-0.39, 0.29) is 11.7 Å². The standard InChI is InChI=1S/C11H17NO2/c1-8(7-12)11(2,14)9-4-3-5-10(13)6-9/h3-6,8,13-14H,7,12H2,1-2H3. The molecule has 2 atom stereocenters. The molecule has 14 heavy (non-hydrogen) atoms. The van der Waals surface area contributed by atoms with E-state index in [0.29, 0.717) is 12.1 Å². The van der Waals surface area contributed by atoms with E-state index in [1.807, 2.05) is 6.92 Å². The van der Waals surface area contributed by atoms with Crippen LogP contribution in [0.3, 0.4) is 0 Å². The molecule has 0 bridgehead atoms. The molecule has 0 aliphatic carbocycles. The Bertz CT molecular complexity index is 310. The van der Waals surface area contributed by atoms with E-state index in [0.717, 1.165) is 0 Å². The van der Waals surface area contributed by atoms with Gasteiger partial charge in [-0.05, 0) is 31.2 Å². The lowest BCUT2D eigenvalue weighted by molar-refractivity contribution is 0.00502. The summed E-state index contributed by atoms with van der Waals surface area (Å²) in [5, 5.41) is 19.5. The van der Waals surface area contributed by atoms with Crippen LogP contribution in [-0.4, -0.2) is 16.8 Å². The summed E-state index contributed by atoms with van der Waals surface area (Å²) in [4.78, 5) is 0. The van der Waals surface area contributed by atoms with Crippen molar-refractivity contribution in [2.75, 3.05) is 6.54 Å². The van der Waals surface area contributed by atoms with Crippen molar-refractivity contribution in [3.05, 3.63) is 29.8 Å². The number of phenols is 1. The number of phenolic OH excluding ortho intramolecular Hbond substituents is 1. The van der Waals surface area contributed by atoms with Crippen LogP contribution < -0.4 is 5.73 Å². The van der Waals surface area contributed by atoms with Gasteiger partial charge in [-0.25, -0.2) is 0 Å². The van der Waals surface area contributed by atoms with Gasteiger partial charge < -0.3 is 15.9 Å². The predicted octanol–water partition coefficient (Wildman–Crippen LogP) is 1.19. The Hall–Kier alpha value is -1.06. The lowest BCUT2D eigenvalue weighted by Gasteiger charge is -2.30. The van der Waals surface area contributed by atoms with Crippen molar-refractivity contribution in [3.63, 3.8) is 0 Å². The summed E-state index contributed by atoms with van der Waals surface area (Å²) in [6.07, 6.45) is 0. The second-order valence-electron chi connectivity index (χ2n) is 3.83. The average molecular weight is 195 g/mol. The zero-order chi connectivity index (χ0) is 10.8. The number of aromatic hydroxyl groups is 1. The van der Waals surface area contributed by atoms with Crippen LogP contribution in [0.2, 0.25) is 0 Å². The molecule has 0 saturated heterocycles. The van der Waals surface area contributed by atoms with Crippen LogP contribution in [0.5, 0.6) is 5.75 Å². The highest BCUT2D eigenvalue weighted by Crippen LogP contribution is 2.30. The summed E-state index contributed by atoms with van der Waals surface area (Å²) in [6.45, 7) is 3.99. The smallest absolute Gasteiger partial charge is 0.115 e. The summed E-state index contributed by atoms with van der Waals surface area (Å²) >= 11 is 0. The van der Waals surface area contributed by atoms with Crippen LogP contribution in [0.15, 0.2) is 24.3 Å². The lowest BCUT2D eigenvalue weighted by Crippen LogP contribution is -2.34. The van der Waals surface area contributed by atoms with E-state index in [4.69, 9.17) is 5.73 Å².